The van der Waals surface area contributed by atoms with Crippen molar-refractivity contribution in [1.82, 2.24) is 0 Å². The summed E-state index contributed by atoms with van der Waals surface area (Å²) in [7, 11) is 0. The van der Waals surface area contributed by atoms with E-state index in [1.54, 1.807) is 0 Å². The maximum Gasteiger partial charge on any atom is 0.207 e. The van der Waals surface area contributed by atoms with Crippen molar-refractivity contribution < 1.29 is 20.1 Å². The molecule has 4 atom stereocenters. The number of hydrogen-bond donors (Lipinski definition) is 3. The van der Waals surface area contributed by atoms with Gasteiger partial charge in [-0.2, -0.15) is 0 Å². The number of aliphatic hydroxyl groups excluding tert-OH is 2. The Morgan fingerprint density at radius 3 is 2.45 bits per heavy atom. The van der Waals surface area contributed by atoms with Crippen LogP contribution >= 0.6 is 23.2 Å². The van der Waals surface area contributed by atoms with Crippen molar-refractivity contribution in [2.45, 2.75) is 22.8 Å². The molecule has 0 aliphatic carbocycles. The van der Waals surface area contributed by atoms with Gasteiger partial charge < -0.3 is 20.1 Å². The van der Waals surface area contributed by atoms with E-state index in [-0.39, 0.29) is 6.61 Å². The molecule has 3 N–H and O–H groups in total. The Bertz CT molecular complexity index is 151. The largest absolute Gasteiger partial charge is 0.388 e. The third kappa shape index (κ3) is 1.61. The van der Waals surface area contributed by atoms with Gasteiger partial charge in [0.05, 0.1) is 6.61 Å². The summed E-state index contributed by atoms with van der Waals surface area (Å²) >= 11 is 10.7. The van der Waals surface area contributed by atoms with Crippen molar-refractivity contribution in [1.29, 1.82) is 0 Å². The van der Waals surface area contributed by atoms with Gasteiger partial charge in [0.1, 0.15) is 12.2 Å². The van der Waals surface area contributed by atoms with Gasteiger partial charge in [0.15, 0.2) is 5.56 Å². The number of rotatable bonds is 0. The van der Waals surface area contributed by atoms with E-state index in [0.29, 0.717) is 0 Å². The summed E-state index contributed by atoms with van der Waals surface area (Å²) < 4.78 is 4.65. The van der Waals surface area contributed by atoms with E-state index in [0.717, 1.165) is 0 Å². The average Bonchev–Trinajstić information content (AvgIpc) is 1.95. The first-order valence-electron chi connectivity index (χ1n) is 2.99. The highest BCUT2D eigenvalue weighted by atomic mass is 35.5. The molecule has 1 saturated heterocycles. The third-order valence-electron chi connectivity index (χ3n) is 1.51. The summed E-state index contributed by atoms with van der Waals surface area (Å²) in [5.41, 5.74) is -1.21. The highest BCUT2D eigenvalue weighted by Crippen LogP contribution is 2.32. The zero-order valence-electron chi connectivity index (χ0n) is 5.44. The summed E-state index contributed by atoms with van der Waals surface area (Å²) in [6, 6.07) is 0. The van der Waals surface area contributed by atoms with Gasteiger partial charge >= 0.3 is 0 Å². The first kappa shape index (κ1) is 9.51. The fourth-order valence-electron chi connectivity index (χ4n) is 0.795. The van der Waals surface area contributed by atoms with Crippen LogP contribution in [0.3, 0.4) is 0 Å². The highest BCUT2D eigenvalue weighted by Gasteiger charge is 2.49. The smallest absolute Gasteiger partial charge is 0.207 e. The second-order valence-corrected chi connectivity index (χ2v) is 3.39. The van der Waals surface area contributed by atoms with Gasteiger partial charge in [-0.15, -0.1) is 0 Å². The zero-order chi connectivity index (χ0) is 8.65. The molecule has 0 radical (unpaired) electrons. The molecule has 0 aromatic rings. The van der Waals surface area contributed by atoms with Gasteiger partial charge in [-0.1, -0.05) is 23.2 Å². The number of alkyl halides is 2. The molecule has 1 aliphatic rings. The SMILES string of the molecule is O[C@@H]1COC(Cl)[C@](O)(Cl)[C@H]1O. The van der Waals surface area contributed by atoms with Crippen molar-refractivity contribution in [2.75, 3.05) is 6.61 Å². The first-order valence-corrected chi connectivity index (χ1v) is 3.80. The van der Waals surface area contributed by atoms with E-state index in [1.165, 1.54) is 0 Å². The molecule has 0 spiro atoms. The number of ether oxygens (including phenoxy) is 1. The molecule has 0 aromatic heterocycles. The standard InChI is InChI=1S/C5H8Cl2O4/c6-4-5(7,10)3(9)2(8)1-11-4/h2-4,8-10H,1H2/t2-,3+,4?,5+/m1/s1. The predicted octanol–water partition coefficient (Wildman–Crippen LogP) is -0.769. The van der Waals surface area contributed by atoms with E-state index in [2.05, 4.69) is 4.74 Å². The number of aliphatic hydroxyl groups is 3. The molecule has 0 bridgehead atoms. The average molecular weight is 203 g/mol. The fourth-order valence-corrected chi connectivity index (χ4v) is 1.21. The van der Waals surface area contributed by atoms with Crippen LogP contribution in [-0.4, -0.2) is 44.8 Å². The van der Waals surface area contributed by atoms with E-state index >= 15 is 0 Å². The Kier molecular flexibility index (Phi) is 2.63. The second-order valence-electron chi connectivity index (χ2n) is 2.39. The predicted molar refractivity (Wildman–Crippen MR) is 38.4 cm³/mol. The lowest BCUT2D eigenvalue weighted by Crippen LogP contribution is -2.57. The van der Waals surface area contributed by atoms with Crippen molar-refractivity contribution in [3.05, 3.63) is 0 Å². The van der Waals surface area contributed by atoms with Gasteiger partial charge in [0.25, 0.3) is 0 Å². The lowest BCUT2D eigenvalue weighted by atomic mass is 10.1. The lowest BCUT2D eigenvalue weighted by molar-refractivity contribution is -0.183. The van der Waals surface area contributed by atoms with Gasteiger partial charge in [0.2, 0.25) is 5.06 Å². The number of halogens is 2. The van der Waals surface area contributed by atoms with E-state index in [4.69, 9.17) is 33.4 Å². The van der Waals surface area contributed by atoms with Gasteiger partial charge in [-0.3, -0.25) is 0 Å². The van der Waals surface area contributed by atoms with Crippen LogP contribution in [-0.2, 0) is 4.74 Å². The van der Waals surface area contributed by atoms with E-state index in [1.807, 2.05) is 0 Å². The molecule has 1 rings (SSSR count). The van der Waals surface area contributed by atoms with Crippen LogP contribution < -0.4 is 0 Å². The Morgan fingerprint density at radius 1 is 1.45 bits per heavy atom. The molecule has 1 unspecified atom stereocenters. The normalized spacial score (nSPS) is 52.6. The molecule has 4 nitrogen and oxygen atoms in total. The minimum atomic E-state index is -2.11. The quantitative estimate of drug-likeness (QED) is 0.452. The van der Waals surface area contributed by atoms with Crippen LogP contribution in [0.25, 0.3) is 0 Å². The summed E-state index contributed by atoms with van der Waals surface area (Å²) in [5.74, 6) is 0. The van der Waals surface area contributed by atoms with E-state index < -0.39 is 22.8 Å². The molecule has 1 aliphatic heterocycles. The Morgan fingerprint density at radius 2 is 2.00 bits per heavy atom. The van der Waals surface area contributed by atoms with Crippen molar-refractivity contribution >= 4 is 23.2 Å². The number of hydrogen-bond acceptors (Lipinski definition) is 4. The van der Waals surface area contributed by atoms with Crippen LogP contribution in [0.5, 0.6) is 0 Å². The molecule has 0 aromatic carbocycles. The minimum Gasteiger partial charge on any atom is -0.388 e. The summed E-state index contributed by atoms with van der Waals surface area (Å²) in [6.45, 7) is -0.135. The zero-order valence-corrected chi connectivity index (χ0v) is 6.96. The van der Waals surface area contributed by atoms with Crippen molar-refractivity contribution in [3.63, 3.8) is 0 Å². The van der Waals surface area contributed by atoms with Crippen LogP contribution in [0.1, 0.15) is 0 Å². The minimum absolute atomic E-state index is 0.135. The summed E-state index contributed by atoms with van der Waals surface area (Å²) in [6.07, 6.45) is -2.69. The molecule has 0 amide bonds. The van der Waals surface area contributed by atoms with Crippen molar-refractivity contribution in [3.8, 4) is 0 Å². The second kappa shape index (κ2) is 3.05. The lowest BCUT2D eigenvalue weighted by Gasteiger charge is -2.37. The molecule has 1 fully saturated rings. The molecule has 11 heavy (non-hydrogen) atoms. The van der Waals surface area contributed by atoms with Crippen LogP contribution in [0.15, 0.2) is 0 Å². The Balaban J connectivity index is 2.72. The van der Waals surface area contributed by atoms with Crippen molar-refractivity contribution in [2.24, 2.45) is 0 Å². The highest BCUT2D eigenvalue weighted by molar-refractivity contribution is 6.31. The van der Waals surface area contributed by atoms with Crippen LogP contribution in [0.2, 0.25) is 0 Å². The third-order valence-corrected chi connectivity index (χ3v) is 2.50. The molecule has 6 heteroatoms. The Labute approximate surface area is 73.3 Å². The molecule has 66 valence electrons. The van der Waals surface area contributed by atoms with Gasteiger partial charge in [-0.25, -0.2) is 0 Å². The van der Waals surface area contributed by atoms with Crippen LogP contribution in [0.4, 0.5) is 0 Å². The monoisotopic (exact) mass is 202 g/mol. The molecular formula is C5H8Cl2O4. The topological polar surface area (TPSA) is 69.9 Å². The summed E-state index contributed by atoms with van der Waals surface area (Å²) in [5, 5.41) is 25.1. The summed E-state index contributed by atoms with van der Waals surface area (Å²) in [4.78, 5) is 0. The van der Waals surface area contributed by atoms with Gasteiger partial charge in [0, 0.05) is 0 Å². The first-order chi connectivity index (χ1) is 4.96. The maximum atomic E-state index is 9.18. The van der Waals surface area contributed by atoms with Crippen LogP contribution in [0, 0.1) is 0 Å². The van der Waals surface area contributed by atoms with Gasteiger partial charge in [-0.05, 0) is 0 Å². The molecular weight excluding hydrogens is 195 g/mol. The molecule has 0 saturated carbocycles. The maximum absolute atomic E-state index is 9.18. The van der Waals surface area contributed by atoms with E-state index in [9.17, 15) is 5.11 Å². The molecule has 1 heterocycles. The Hall–Kier alpha value is 0.420. The fraction of sp³-hybridized carbons (Fsp3) is 1.00.